The molecule has 0 N–H and O–H groups in total. The van der Waals surface area contributed by atoms with E-state index in [9.17, 15) is 5.26 Å². The Morgan fingerprint density at radius 1 is 0.787 bits per heavy atom. The van der Waals surface area contributed by atoms with Crippen molar-refractivity contribution in [1.29, 1.82) is 5.26 Å². The lowest BCUT2D eigenvalue weighted by molar-refractivity contribution is 0.566. The second-order valence-corrected chi connectivity index (χ2v) is 13.0. The Hall–Kier alpha value is -5.79. The van der Waals surface area contributed by atoms with E-state index in [1.54, 1.807) is 0 Å². The Bertz CT molecular complexity index is 2540. The lowest BCUT2D eigenvalue weighted by Crippen LogP contribution is -2.34. The zero-order chi connectivity index (χ0) is 31.1. The first-order valence-corrected chi connectivity index (χ1v) is 16.6. The number of nitrogens with zero attached hydrogens (tertiary/aromatic N) is 3. The summed E-state index contributed by atoms with van der Waals surface area (Å²) in [5.74, 6) is 0.302. The third-order valence-electron chi connectivity index (χ3n) is 10.5. The monoisotopic (exact) mass is 605 g/mol. The molecule has 0 saturated carbocycles. The molecule has 2 aliphatic carbocycles. The summed E-state index contributed by atoms with van der Waals surface area (Å²) < 4.78 is 8.96. The number of para-hydroxylation sites is 3. The van der Waals surface area contributed by atoms with Gasteiger partial charge in [0.25, 0.3) is 0 Å². The summed E-state index contributed by atoms with van der Waals surface area (Å²) in [5, 5.41) is 14.7. The van der Waals surface area contributed by atoms with Crippen LogP contribution < -0.4 is 4.90 Å². The van der Waals surface area contributed by atoms with Gasteiger partial charge in [0, 0.05) is 50.1 Å². The van der Waals surface area contributed by atoms with Crippen LogP contribution in [-0.2, 0) is 0 Å². The highest BCUT2D eigenvalue weighted by Crippen LogP contribution is 2.51. The van der Waals surface area contributed by atoms with Gasteiger partial charge < -0.3 is 13.9 Å². The van der Waals surface area contributed by atoms with E-state index >= 15 is 0 Å². The van der Waals surface area contributed by atoms with Gasteiger partial charge in [-0.15, -0.1) is 0 Å². The van der Waals surface area contributed by atoms with Crippen LogP contribution in [0.2, 0.25) is 0 Å². The van der Waals surface area contributed by atoms with Crippen LogP contribution in [0.1, 0.15) is 36.3 Å². The van der Waals surface area contributed by atoms with E-state index in [0.717, 1.165) is 68.1 Å². The van der Waals surface area contributed by atoms with E-state index in [2.05, 4.69) is 143 Å². The molecular weight excluding hydrogens is 574 g/mol. The number of hydrogen-bond acceptors (Lipinski definition) is 3. The number of furan rings is 1. The number of fused-ring (bicyclic) bond motifs is 10. The molecule has 0 spiro atoms. The molecule has 3 unspecified atom stereocenters. The Morgan fingerprint density at radius 3 is 2.53 bits per heavy atom. The normalized spacial score (nSPS) is 20.4. The van der Waals surface area contributed by atoms with Crippen molar-refractivity contribution in [2.75, 3.05) is 4.90 Å². The molecule has 3 heterocycles. The van der Waals surface area contributed by atoms with Gasteiger partial charge in [-0.25, -0.2) is 0 Å². The minimum absolute atomic E-state index is 0.155. The van der Waals surface area contributed by atoms with Gasteiger partial charge in [-0.05, 0) is 78.9 Å². The summed E-state index contributed by atoms with van der Waals surface area (Å²) in [5.41, 5.74) is 11.3. The fraction of sp³-hybridized carbons (Fsp3) is 0.140. The Balaban J connectivity index is 1.21. The summed E-state index contributed by atoms with van der Waals surface area (Å²) >= 11 is 0. The van der Waals surface area contributed by atoms with Crippen LogP contribution in [0.15, 0.2) is 144 Å². The van der Waals surface area contributed by atoms with Crippen LogP contribution >= 0.6 is 0 Å². The topological polar surface area (TPSA) is 45.1 Å². The highest BCUT2D eigenvalue weighted by molar-refractivity contribution is 6.21. The van der Waals surface area contributed by atoms with Crippen LogP contribution in [0.3, 0.4) is 0 Å². The smallest absolute Gasteiger partial charge is 0.160 e. The SMILES string of the molecule is N#CC1C=C(N2c3ccccc3C3CCC=CC32)C(c2ccc3c(c2)c2ccc4c5ccccc5oc4c2n3-c2ccccc2)=CC1. The second-order valence-electron chi connectivity index (χ2n) is 13.0. The third-order valence-corrected chi connectivity index (χ3v) is 10.5. The molecule has 4 nitrogen and oxygen atoms in total. The van der Waals surface area contributed by atoms with E-state index in [0.29, 0.717) is 12.3 Å². The van der Waals surface area contributed by atoms with Gasteiger partial charge in [-0.2, -0.15) is 5.26 Å². The summed E-state index contributed by atoms with van der Waals surface area (Å²) in [6.45, 7) is 0. The van der Waals surface area contributed by atoms with E-state index < -0.39 is 0 Å². The maximum atomic E-state index is 10.1. The molecule has 3 aliphatic rings. The van der Waals surface area contributed by atoms with Crippen molar-refractivity contribution < 1.29 is 4.42 Å². The van der Waals surface area contributed by atoms with Gasteiger partial charge in [0.1, 0.15) is 5.58 Å². The highest BCUT2D eigenvalue weighted by Gasteiger charge is 2.40. The largest absolute Gasteiger partial charge is 0.454 e. The van der Waals surface area contributed by atoms with E-state index in [1.165, 1.54) is 22.2 Å². The average Bonchev–Trinajstić information content (AvgIpc) is 3.79. The molecule has 1 aliphatic heterocycles. The number of aromatic nitrogens is 1. The second kappa shape index (κ2) is 10.1. The van der Waals surface area contributed by atoms with Crippen molar-refractivity contribution in [3.05, 3.63) is 150 Å². The predicted octanol–water partition coefficient (Wildman–Crippen LogP) is 10.8. The molecule has 0 radical (unpaired) electrons. The first-order valence-electron chi connectivity index (χ1n) is 16.6. The molecular formula is C43H31N3O. The fourth-order valence-electron chi connectivity index (χ4n) is 8.45. The number of nitriles is 1. The zero-order valence-corrected chi connectivity index (χ0v) is 25.8. The standard InChI is InChI=1S/C43H31N3O/c44-26-27-18-20-30(40(24-27)46-37-15-7-4-12-31(37)32-13-5-8-16-38(32)46)28-19-23-39-36(25-28)34-21-22-35-33-14-6-9-17-41(33)47-43(35)42(34)45(39)29-10-2-1-3-11-29/h1-4,6-12,14-17,19-25,27,32,38H,5,13,18H2. The number of benzene rings is 5. The van der Waals surface area contributed by atoms with Crippen molar-refractivity contribution in [1.82, 2.24) is 4.57 Å². The van der Waals surface area contributed by atoms with Gasteiger partial charge in [-0.1, -0.05) is 85.0 Å². The van der Waals surface area contributed by atoms with Gasteiger partial charge >= 0.3 is 0 Å². The minimum atomic E-state index is -0.155. The molecule has 0 fully saturated rings. The van der Waals surface area contributed by atoms with Crippen LogP contribution in [0.5, 0.6) is 0 Å². The van der Waals surface area contributed by atoms with Crippen LogP contribution in [0.25, 0.3) is 55.0 Å². The van der Waals surface area contributed by atoms with Crippen molar-refractivity contribution in [2.45, 2.75) is 31.2 Å². The Labute approximate surface area is 272 Å². The first kappa shape index (κ1) is 26.4. The van der Waals surface area contributed by atoms with Crippen LogP contribution in [0.4, 0.5) is 5.69 Å². The van der Waals surface area contributed by atoms with Gasteiger partial charge in [0.05, 0.1) is 29.1 Å². The van der Waals surface area contributed by atoms with E-state index in [-0.39, 0.29) is 12.0 Å². The molecule has 10 rings (SSSR count). The van der Waals surface area contributed by atoms with Gasteiger partial charge in [-0.3, -0.25) is 0 Å². The van der Waals surface area contributed by atoms with Crippen molar-refractivity contribution >= 4 is 55.0 Å². The molecule has 3 atom stereocenters. The summed E-state index contributed by atoms with van der Waals surface area (Å²) in [4.78, 5) is 2.51. The predicted molar refractivity (Wildman–Crippen MR) is 192 cm³/mol. The van der Waals surface area contributed by atoms with Crippen molar-refractivity contribution in [3.8, 4) is 11.8 Å². The van der Waals surface area contributed by atoms with Crippen molar-refractivity contribution in [2.24, 2.45) is 5.92 Å². The summed E-state index contributed by atoms with van der Waals surface area (Å²) in [6.07, 6.45) is 12.2. The molecule has 2 aromatic heterocycles. The molecule has 4 heteroatoms. The van der Waals surface area contributed by atoms with Gasteiger partial charge in [0.15, 0.2) is 5.58 Å². The van der Waals surface area contributed by atoms with E-state index in [4.69, 9.17) is 4.42 Å². The molecule has 5 aromatic carbocycles. The summed E-state index contributed by atoms with van der Waals surface area (Å²) in [6, 6.07) is 41.9. The molecule has 7 aromatic rings. The summed E-state index contributed by atoms with van der Waals surface area (Å²) in [7, 11) is 0. The van der Waals surface area contributed by atoms with Gasteiger partial charge in [0.2, 0.25) is 0 Å². The number of hydrogen-bond donors (Lipinski definition) is 0. The number of rotatable bonds is 3. The molecule has 47 heavy (non-hydrogen) atoms. The zero-order valence-electron chi connectivity index (χ0n) is 25.8. The number of anilines is 1. The Morgan fingerprint density at radius 2 is 1.62 bits per heavy atom. The average molecular weight is 606 g/mol. The Kier molecular flexibility index (Phi) is 5.68. The molecule has 0 bridgehead atoms. The molecule has 0 amide bonds. The lowest BCUT2D eigenvalue weighted by atomic mass is 9.85. The van der Waals surface area contributed by atoms with Crippen LogP contribution in [-0.4, -0.2) is 10.6 Å². The third kappa shape index (κ3) is 3.81. The first-order chi connectivity index (χ1) is 23.3. The quantitative estimate of drug-likeness (QED) is 0.188. The lowest BCUT2D eigenvalue weighted by Gasteiger charge is -2.35. The molecule has 0 saturated heterocycles. The van der Waals surface area contributed by atoms with E-state index in [1.807, 2.05) is 6.07 Å². The fourth-order valence-corrected chi connectivity index (χ4v) is 8.45. The van der Waals surface area contributed by atoms with Crippen LogP contribution in [0, 0.1) is 17.2 Å². The number of allylic oxidation sites excluding steroid dienone is 4. The highest BCUT2D eigenvalue weighted by atomic mass is 16.3. The maximum absolute atomic E-state index is 10.1. The van der Waals surface area contributed by atoms with Crippen molar-refractivity contribution in [3.63, 3.8) is 0 Å². The maximum Gasteiger partial charge on any atom is 0.160 e. The molecule has 224 valence electrons. The minimum Gasteiger partial charge on any atom is -0.454 e.